The lowest BCUT2D eigenvalue weighted by molar-refractivity contribution is -0.137. The van der Waals surface area contributed by atoms with Crippen LogP contribution in [0.3, 0.4) is 0 Å². The van der Waals surface area contributed by atoms with Crippen molar-refractivity contribution >= 4 is 29.1 Å². The van der Waals surface area contributed by atoms with Gasteiger partial charge in [0, 0.05) is 18.5 Å². The number of halogens is 5. The predicted molar refractivity (Wildman–Crippen MR) is 119 cm³/mol. The molecular formula is C22H25Cl2F3N2O3. The Bertz CT molecular complexity index is 935. The highest BCUT2D eigenvalue weighted by molar-refractivity contribution is 6.35. The van der Waals surface area contributed by atoms with Crippen molar-refractivity contribution in [1.82, 2.24) is 10.4 Å². The Morgan fingerprint density at radius 1 is 1.06 bits per heavy atom. The van der Waals surface area contributed by atoms with E-state index >= 15 is 0 Å². The number of rotatable bonds is 10. The van der Waals surface area contributed by atoms with Gasteiger partial charge in [0.25, 0.3) is 5.91 Å². The van der Waals surface area contributed by atoms with E-state index in [-0.39, 0.29) is 33.3 Å². The second-order valence-electron chi connectivity index (χ2n) is 6.80. The smallest absolute Gasteiger partial charge is 0.417 e. The van der Waals surface area contributed by atoms with Gasteiger partial charge in [0.2, 0.25) is 0 Å². The lowest BCUT2D eigenvalue weighted by Gasteiger charge is -2.19. The Morgan fingerprint density at radius 2 is 1.72 bits per heavy atom. The molecule has 32 heavy (non-hydrogen) atoms. The number of hydrogen-bond donors (Lipinski definition) is 1. The van der Waals surface area contributed by atoms with Gasteiger partial charge in [-0.15, -0.1) is 0 Å². The molecular weight excluding hydrogens is 468 g/mol. The van der Waals surface area contributed by atoms with Crippen molar-refractivity contribution in [3.63, 3.8) is 0 Å². The minimum Gasteiger partial charge on any atom is -0.491 e. The number of carbonyl (C=O) groups is 1. The Kier molecular flexibility index (Phi) is 9.48. The van der Waals surface area contributed by atoms with Crippen LogP contribution in [0.4, 0.5) is 13.2 Å². The van der Waals surface area contributed by atoms with E-state index < -0.39 is 17.6 Å². The molecule has 0 saturated carbocycles. The maximum Gasteiger partial charge on any atom is 0.417 e. The van der Waals surface area contributed by atoms with Gasteiger partial charge in [0.1, 0.15) is 12.4 Å². The van der Waals surface area contributed by atoms with Gasteiger partial charge in [-0.25, -0.2) is 0 Å². The minimum atomic E-state index is -4.67. The summed E-state index contributed by atoms with van der Waals surface area (Å²) in [7, 11) is 0. The van der Waals surface area contributed by atoms with E-state index in [1.165, 1.54) is 18.2 Å². The van der Waals surface area contributed by atoms with Gasteiger partial charge in [0.05, 0.1) is 15.6 Å². The number of hydrogen-bond acceptors (Lipinski definition) is 4. The molecule has 2 rings (SSSR count). The first-order chi connectivity index (χ1) is 15.1. The third-order valence-electron chi connectivity index (χ3n) is 4.79. The lowest BCUT2D eigenvalue weighted by Crippen LogP contribution is -2.27. The van der Waals surface area contributed by atoms with Crippen LogP contribution in [0.5, 0.6) is 11.5 Å². The summed E-state index contributed by atoms with van der Waals surface area (Å²) in [6.45, 7) is 8.52. The molecule has 0 atom stereocenters. The SMILES string of the molecule is CCC(=O)NOc1ccc(C(F)(F)F)c(-c2ccc(OCCN(CC)CC)c(Cl)c2)c1Cl. The van der Waals surface area contributed by atoms with Crippen molar-refractivity contribution in [3.8, 4) is 22.6 Å². The molecule has 0 bridgehead atoms. The Labute approximate surface area is 195 Å². The number of hydroxylamine groups is 1. The monoisotopic (exact) mass is 492 g/mol. The van der Waals surface area contributed by atoms with Crippen molar-refractivity contribution in [2.45, 2.75) is 33.4 Å². The average Bonchev–Trinajstić information content (AvgIpc) is 2.75. The van der Waals surface area contributed by atoms with E-state index in [4.69, 9.17) is 32.8 Å². The molecule has 1 amide bonds. The van der Waals surface area contributed by atoms with Crippen molar-refractivity contribution in [2.24, 2.45) is 0 Å². The Morgan fingerprint density at radius 3 is 2.28 bits per heavy atom. The quantitative estimate of drug-likeness (QED) is 0.400. The van der Waals surface area contributed by atoms with E-state index in [1.807, 2.05) is 13.8 Å². The molecule has 0 aliphatic rings. The number of alkyl halides is 3. The van der Waals surface area contributed by atoms with Crippen LogP contribution in [0, 0.1) is 0 Å². The molecule has 0 aliphatic heterocycles. The highest BCUT2D eigenvalue weighted by Crippen LogP contribution is 2.45. The molecule has 0 radical (unpaired) electrons. The standard InChI is InChI=1S/C22H25Cl2F3N2O3/c1-4-19(30)28-32-18-10-8-15(22(25,26)27)20(21(18)24)14-7-9-17(16(23)13-14)31-12-11-29(5-2)6-3/h7-10,13H,4-6,11-12H2,1-3H3,(H,28,30). The first-order valence-electron chi connectivity index (χ1n) is 10.1. The van der Waals surface area contributed by atoms with Gasteiger partial charge in [-0.05, 0) is 42.9 Å². The number of amides is 1. The highest BCUT2D eigenvalue weighted by atomic mass is 35.5. The summed E-state index contributed by atoms with van der Waals surface area (Å²) < 4.78 is 46.7. The van der Waals surface area contributed by atoms with Crippen LogP contribution in [0.25, 0.3) is 11.1 Å². The molecule has 0 unspecified atom stereocenters. The number of benzene rings is 2. The molecule has 0 aromatic heterocycles. The Balaban J connectivity index is 2.37. The fraction of sp³-hybridized carbons (Fsp3) is 0.409. The van der Waals surface area contributed by atoms with Gasteiger partial charge < -0.3 is 14.5 Å². The molecule has 0 aliphatic carbocycles. The molecule has 176 valence electrons. The van der Waals surface area contributed by atoms with E-state index in [9.17, 15) is 18.0 Å². The van der Waals surface area contributed by atoms with E-state index in [0.717, 1.165) is 25.2 Å². The van der Waals surface area contributed by atoms with Crippen molar-refractivity contribution in [1.29, 1.82) is 0 Å². The molecule has 2 aromatic rings. The fourth-order valence-corrected chi connectivity index (χ4v) is 3.48. The van der Waals surface area contributed by atoms with E-state index in [0.29, 0.717) is 18.9 Å². The largest absolute Gasteiger partial charge is 0.491 e. The van der Waals surface area contributed by atoms with Crippen LogP contribution in [0.2, 0.25) is 10.0 Å². The number of nitrogens with one attached hydrogen (secondary N) is 1. The van der Waals surface area contributed by atoms with E-state index in [1.54, 1.807) is 6.92 Å². The minimum absolute atomic E-state index is 0.118. The third-order valence-corrected chi connectivity index (χ3v) is 5.46. The zero-order valence-corrected chi connectivity index (χ0v) is 19.5. The molecule has 1 N–H and O–H groups in total. The van der Waals surface area contributed by atoms with Gasteiger partial charge >= 0.3 is 6.18 Å². The summed E-state index contributed by atoms with van der Waals surface area (Å²) in [6.07, 6.45) is -4.54. The molecule has 0 fully saturated rings. The molecule has 10 heteroatoms. The van der Waals surface area contributed by atoms with E-state index in [2.05, 4.69) is 10.4 Å². The maximum absolute atomic E-state index is 13.7. The predicted octanol–water partition coefficient (Wildman–Crippen LogP) is 6.22. The van der Waals surface area contributed by atoms with Gasteiger partial charge in [-0.2, -0.15) is 18.7 Å². The topological polar surface area (TPSA) is 50.8 Å². The second-order valence-corrected chi connectivity index (χ2v) is 7.58. The number of ether oxygens (including phenoxy) is 1. The van der Waals surface area contributed by atoms with Crippen LogP contribution in [-0.2, 0) is 11.0 Å². The van der Waals surface area contributed by atoms with Crippen LogP contribution in [0.15, 0.2) is 30.3 Å². The highest BCUT2D eigenvalue weighted by Gasteiger charge is 2.36. The summed E-state index contributed by atoms with van der Waals surface area (Å²) in [6, 6.07) is 6.21. The first kappa shape index (κ1) is 26.1. The normalized spacial score (nSPS) is 11.5. The molecule has 0 spiro atoms. The first-order valence-corrected chi connectivity index (χ1v) is 10.9. The number of carbonyl (C=O) groups excluding carboxylic acids is 1. The van der Waals surface area contributed by atoms with Crippen LogP contribution in [0.1, 0.15) is 32.8 Å². The maximum atomic E-state index is 13.7. The zero-order valence-electron chi connectivity index (χ0n) is 18.0. The van der Waals surface area contributed by atoms with Crippen molar-refractivity contribution < 1.29 is 27.5 Å². The molecule has 2 aromatic carbocycles. The average molecular weight is 493 g/mol. The number of likely N-dealkylation sites (N-methyl/N-ethyl adjacent to an activating group) is 1. The van der Waals surface area contributed by atoms with Crippen molar-refractivity contribution in [2.75, 3.05) is 26.2 Å². The second kappa shape index (κ2) is 11.6. The molecule has 5 nitrogen and oxygen atoms in total. The summed E-state index contributed by atoms with van der Waals surface area (Å²) in [4.78, 5) is 18.7. The lowest BCUT2D eigenvalue weighted by atomic mass is 9.98. The van der Waals surface area contributed by atoms with Gasteiger partial charge in [-0.3, -0.25) is 4.79 Å². The molecule has 0 saturated heterocycles. The fourth-order valence-electron chi connectivity index (χ4n) is 2.94. The van der Waals surface area contributed by atoms with Crippen LogP contribution in [-0.4, -0.2) is 37.0 Å². The van der Waals surface area contributed by atoms with Gasteiger partial charge in [-0.1, -0.05) is 50.0 Å². The summed E-state index contributed by atoms with van der Waals surface area (Å²) >= 11 is 12.6. The summed E-state index contributed by atoms with van der Waals surface area (Å²) in [5.41, 5.74) is 1.01. The van der Waals surface area contributed by atoms with Crippen LogP contribution < -0.4 is 15.1 Å². The zero-order chi connectivity index (χ0) is 23.9. The summed E-state index contributed by atoms with van der Waals surface area (Å²) in [5, 5.41) is -0.153. The number of nitrogens with zero attached hydrogens (tertiary/aromatic N) is 1. The van der Waals surface area contributed by atoms with Crippen LogP contribution >= 0.6 is 23.2 Å². The Hall–Kier alpha value is -2.16. The summed E-state index contributed by atoms with van der Waals surface area (Å²) in [5.74, 6) is -0.209. The van der Waals surface area contributed by atoms with Gasteiger partial charge in [0.15, 0.2) is 5.75 Å². The molecule has 0 heterocycles. The third kappa shape index (κ3) is 6.67. The van der Waals surface area contributed by atoms with Crippen molar-refractivity contribution in [3.05, 3.63) is 45.9 Å².